The van der Waals surface area contributed by atoms with Gasteiger partial charge in [0.1, 0.15) is 5.75 Å². The number of thioether (sulfide) groups is 2. The van der Waals surface area contributed by atoms with Gasteiger partial charge < -0.3 is 10.1 Å². The number of carbonyl (C=O) groups excluding carboxylic acids is 1. The first-order valence-electron chi connectivity index (χ1n) is 10.3. The zero-order valence-electron chi connectivity index (χ0n) is 18.5. The maximum absolute atomic E-state index is 13.4. The molecule has 0 fully saturated rings. The van der Waals surface area contributed by atoms with Crippen molar-refractivity contribution in [1.82, 2.24) is 9.55 Å². The zero-order chi connectivity index (χ0) is 22.8. The van der Waals surface area contributed by atoms with Crippen molar-refractivity contribution in [1.29, 1.82) is 0 Å². The fraction of sp³-hybridized carbons (Fsp3) is 0.292. The Hall–Kier alpha value is -2.71. The number of nitrogens with one attached hydrogen (secondary N) is 1. The summed E-state index contributed by atoms with van der Waals surface area (Å²) in [4.78, 5) is 31.5. The summed E-state index contributed by atoms with van der Waals surface area (Å²) in [5, 5.41) is 3.74. The Morgan fingerprint density at radius 1 is 1.22 bits per heavy atom. The highest BCUT2D eigenvalue weighted by Crippen LogP contribution is 2.35. The van der Waals surface area contributed by atoms with Crippen molar-refractivity contribution in [2.75, 3.05) is 18.2 Å². The summed E-state index contributed by atoms with van der Waals surface area (Å²) >= 11 is 2.85. The predicted octanol–water partition coefficient (Wildman–Crippen LogP) is 4.63. The lowest BCUT2D eigenvalue weighted by Gasteiger charge is -2.15. The first kappa shape index (κ1) is 22.5. The molecule has 1 aliphatic rings. The molecule has 32 heavy (non-hydrogen) atoms. The number of aromatic nitrogens is 2. The number of rotatable bonds is 6. The molecule has 0 saturated carbocycles. The Morgan fingerprint density at radius 2 is 1.91 bits per heavy atom. The normalized spacial score (nSPS) is 14.8. The molecular formula is C24H25N3O3S2. The summed E-state index contributed by atoms with van der Waals surface area (Å²) in [7, 11) is 1.60. The Morgan fingerprint density at radius 3 is 2.56 bits per heavy atom. The highest BCUT2D eigenvalue weighted by atomic mass is 32.2. The molecule has 166 valence electrons. The summed E-state index contributed by atoms with van der Waals surface area (Å²) in [5.74, 6) is 0.707. The van der Waals surface area contributed by atoms with E-state index in [9.17, 15) is 9.59 Å². The fourth-order valence-corrected chi connectivity index (χ4v) is 5.63. The van der Waals surface area contributed by atoms with E-state index in [0.717, 1.165) is 34.7 Å². The monoisotopic (exact) mass is 467 g/mol. The van der Waals surface area contributed by atoms with Crippen molar-refractivity contribution >= 4 is 35.1 Å². The van der Waals surface area contributed by atoms with Crippen molar-refractivity contribution in [2.24, 2.45) is 0 Å². The number of anilines is 1. The molecule has 6 nitrogen and oxygen atoms in total. The largest absolute Gasteiger partial charge is 0.497 e. The van der Waals surface area contributed by atoms with E-state index >= 15 is 0 Å². The number of amides is 1. The van der Waals surface area contributed by atoms with Gasteiger partial charge in [-0.2, -0.15) is 0 Å². The van der Waals surface area contributed by atoms with Crippen LogP contribution in [0.15, 0.2) is 57.3 Å². The van der Waals surface area contributed by atoms with E-state index in [-0.39, 0.29) is 17.2 Å². The molecule has 0 saturated heterocycles. The lowest BCUT2D eigenvalue weighted by atomic mass is 10.1. The Bertz CT molecular complexity index is 1200. The van der Waals surface area contributed by atoms with Gasteiger partial charge in [0.2, 0.25) is 5.91 Å². The molecule has 2 aromatic carbocycles. The third kappa shape index (κ3) is 4.86. The lowest BCUT2D eigenvalue weighted by Crippen LogP contribution is -2.25. The van der Waals surface area contributed by atoms with Crippen molar-refractivity contribution < 1.29 is 9.53 Å². The van der Waals surface area contributed by atoms with Crippen LogP contribution in [-0.2, 0) is 11.2 Å². The molecule has 1 unspecified atom stereocenters. The molecule has 2 heterocycles. The van der Waals surface area contributed by atoms with Gasteiger partial charge in [0, 0.05) is 17.4 Å². The number of nitrogens with zero attached hydrogens (tertiary/aromatic N) is 2. The molecule has 1 amide bonds. The van der Waals surface area contributed by atoms with E-state index in [4.69, 9.17) is 9.72 Å². The van der Waals surface area contributed by atoms with Crippen LogP contribution >= 0.6 is 23.5 Å². The summed E-state index contributed by atoms with van der Waals surface area (Å²) in [6.07, 6.45) is 0.758. The zero-order valence-corrected chi connectivity index (χ0v) is 20.1. The van der Waals surface area contributed by atoms with Gasteiger partial charge in [0.15, 0.2) is 5.16 Å². The average molecular weight is 468 g/mol. The van der Waals surface area contributed by atoms with E-state index in [0.29, 0.717) is 21.0 Å². The molecule has 1 atom stereocenters. The maximum atomic E-state index is 13.4. The first-order valence-corrected chi connectivity index (χ1v) is 12.2. The van der Waals surface area contributed by atoms with Crippen LogP contribution in [0.2, 0.25) is 0 Å². The maximum Gasteiger partial charge on any atom is 0.272 e. The van der Waals surface area contributed by atoms with Crippen LogP contribution in [0.5, 0.6) is 5.75 Å². The number of aryl methyl sites for hydroxylation is 2. The third-order valence-electron chi connectivity index (χ3n) is 5.05. The minimum Gasteiger partial charge on any atom is -0.497 e. The topological polar surface area (TPSA) is 73.2 Å². The summed E-state index contributed by atoms with van der Waals surface area (Å²) < 4.78 is 6.80. The van der Waals surface area contributed by atoms with Gasteiger partial charge in [-0.05, 0) is 61.4 Å². The van der Waals surface area contributed by atoms with Crippen LogP contribution in [0.1, 0.15) is 23.7 Å². The summed E-state index contributed by atoms with van der Waals surface area (Å²) in [6.45, 7) is 6.12. The second kappa shape index (κ2) is 9.42. The van der Waals surface area contributed by atoms with Crippen molar-refractivity contribution in [3.8, 4) is 11.4 Å². The van der Waals surface area contributed by atoms with E-state index in [1.165, 1.54) is 11.8 Å². The summed E-state index contributed by atoms with van der Waals surface area (Å²) in [5.41, 5.74) is 4.37. The van der Waals surface area contributed by atoms with Crippen LogP contribution in [0.25, 0.3) is 5.69 Å². The average Bonchev–Trinajstić information content (AvgIpc) is 3.12. The van der Waals surface area contributed by atoms with Crippen LogP contribution in [0.4, 0.5) is 5.69 Å². The van der Waals surface area contributed by atoms with Crippen LogP contribution in [0, 0.1) is 13.8 Å². The molecule has 0 aliphatic carbocycles. The Balaban J connectivity index is 1.62. The predicted molar refractivity (Wildman–Crippen MR) is 131 cm³/mol. The minimum atomic E-state index is -0.162. The highest BCUT2D eigenvalue weighted by molar-refractivity contribution is 8.00. The highest BCUT2D eigenvalue weighted by Gasteiger charge is 2.27. The lowest BCUT2D eigenvalue weighted by molar-refractivity contribution is -0.113. The van der Waals surface area contributed by atoms with Crippen LogP contribution in [-0.4, -0.2) is 33.6 Å². The Labute approximate surface area is 195 Å². The number of carbonyl (C=O) groups is 1. The van der Waals surface area contributed by atoms with Gasteiger partial charge in [-0.25, -0.2) is 4.98 Å². The second-order valence-electron chi connectivity index (χ2n) is 7.85. The van der Waals surface area contributed by atoms with Gasteiger partial charge in [0.05, 0.1) is 29.1 Å². The number of fused-ring (bicyclic) bond motifs is 1. The van der Waals surface area contributed by atoms with E-state index in [1.807, 2.05) is 26.0 Å². The number of hydrogen-bond donors (Lipinski definition) is 1. The van der Waals surface area contributed by atoms with Crippen LogP contribution < -0.4 is 15.6 Å². The molecule has 0 spiro atoms. The standard InChI is InChI=1S/C24H25N3O3S2/c1-14-9-15(2)11-18(10-14)27-23(29)22-20(12-16(3)32-22)26-24(27)31-13-21(28)25-17-5-7-19(30-4)8-6-17/h5-11,16H,12-13H2,1-4H3,(H,25,28). The molecule has 1 aliphatic heterocycles. The Kier molecular flexibility index (Phi) is 6.62. The van der Waals surface area contributed by atoms with Gasteiger partial charge >= 0.3 is 0 Å². The van der Waals surface area contributed by atoms with Gasteiger partial charge in [-0.15, -0.1) is 11.8 Å². The molecule has 1 aromatic heterocycles. The molecule has 8 heteroatoms. The molecule has 3 aromatic rings. The number of benzene rings is 2. The van der Waals surface area contributed by atoms with Gasteiger partial charge in [-0.3, -0.25) is 14.2 Å². The van der Waals surface area contributed by atoms with Crippen molar-refractivity contribution in [3.63, 3.8) is 0 Å². The van der Waals surface area contributed by atoms with Crippen molar-refractivity contribution in [3.05, 3.63) is 69.6 Å². The number of ether oxygens (including phenoxy) is 1. The molecule has 0 radical (unpaired) electrons. The summed E-state index contributed by atoms with van der Waals surface area (Å²) in [6, 6.07) is 13.2. The molecular weight excluding hydrogens is 442 g/mol. The fourth-order valence-electron chi connectivity index (χ4n) is 3.71. The number of methoxy groups -OCH3 is 1. The smallest absolute Gasteiger partial charge is 0.272 e. The van der Waals surface area contributed by atoms with Gasteiger partial charge in [-0.1, -0.05) is 24.8 Å². The SMILES string of the molecule is COc1ccc(NC(=O)CSc2nc3c(c(=O)n2-c2cc(C)cc(C)c2)SC(C)C3)cc1. The molecule has 1 N–H and O–H groups in total. The first-order chi connectivity index (χ1) is 15.3. The molecule has 4 rings (SSSR count). The van der Waals surface area contributed by atoms with E-state index in [2.05, 4.69) is 18.3 Å². The second-order valence-corrected chi connectivity index (χ2v) is 10.2. The third-order valence-corrected chi connectivity index (χ3v) is 7.21. The number of hydrogen-bond acceptors (Lipinski definition) is 6. The van der Waals surface area contributed by atoms with Crippen LogP contribution in [0.3, 0.4) is 0 Å². The van der Waals surface area contributed by atoms with E-state index < -0.39 is 0 Å². The molecule has 0 bridgehead atoms. The minimum absolute atomic E-state index is 0.0626. The van der Waals surface area contributed by atoms with Gasteiger partial charge in [0.25, 0.3) is 5.56 Å². The van der Waals surface area contributed by atoms with E-state index in [1.54, 1.807) is 47.7 Å². The quantitative estimate of drug-likeness (QED) is 0.421. The van der Waals surface area contributed by atoms with Crippen molar-refractivity contribution in [2.45, 2.75) is 42.5 Å².